The van der Waals surface area contributed by atoms with Crippen molar-refractivity contribution < 1.29 is 13.6 Å². The van der Waals surface area contributed by atoms with Crippen LogP contribution in [0.3, 0.4) is 0 Å². The van der Waals surface area contributed by atoms with E-state index >= 15 is 0 Å². The molecule has 0 aromatic heterocycles. The van der Waals surface area contributed by atoms with Crippen molar-refractivity contribution in [3.05, 3.63) is 35.9 Å². The van der Waals surface area contributed by atoms with E-state index in [1.54, 1.807) is 0 Å². The van der Waals surface area contributed by atoms with Crippen molar-refractivity contribution in [2.45, 2.75) is 129 Å². The summed E-state index contributed by atoms with van der Waals surface area (Å²) in [6, 6.07) is 10.3. The monoisotopic (exact) mass is 504 g/mol. The van der Waals surface area contributed by atoms with E-state index in [2.05, 4.69) is 111 Å². The molecule has 0 N–H and O–H groups in total. The van der Waals surface area contributed by atoms with Gasteiger partial charge in [0.05, 0.1) is 25.4 Å². The van der Waals surface area contributed by atoms with Crippen LogP contribution in [0.1, 0.15) is 79.7 Å². The lowest BCUT2D eigenvalue weighted by atomic mass is 10.1. The van der Waals surface area contributed by atoms with Crippen molar-refractivity contribution >= 4 is 16.6 Å². The average molecular weight is 505 g/mol. The summed E-state index contributed by atoms with van der Waals surface area (Å²) in [7, 11) is -4.05. The Morgan fingerprint density at radius 3 is 1.82 bits per heavy atom. The Hall–Kier alpha value is -0.906. The molecule has 2 atom stereocenters. The summed E-state index contributed by atoms with van der Waals surface area (Å²) < 4.78 is 20.2. The molecule has 3 nitrogen and oxygen atoms in total. The molecule has 34 heavy (non-hydrogen) atoms. The zero-order valence-electron chi connectivity index (χ0n) is 24.0. The first-order valence-corrected chi connectivity index (χ1v) is 18.9. The zero-order chi connectivity index (χ0) is 26.0. The molecule has 194 valence electrons. The van der Waals surface area contributed by atoms with E-state index < -0.39 is 16.6 Å². The van der Waals surface area contributed by atoms with Crippen molar-refractivity contribution in [3.8, 4) is 11.8 Å². The molecular weight excluding hydrogens is 452 g/mol. The van der Waals surface area contributed by atoms with Crippen LogP contribution in [-0.4, -0.2) is 35.4 Å². The second-order valence-corrected chi connectivity index (χ2v) is 22.0. The number of hydrogen-bond donors (Lipinski definition) is 0. The van der Waals surface area contributed by atoms with Crippen LogP contribution < -0.4 is 0 Å². The molecule has 1 aromatic carbocycles. The topological polar surface area (TPSA) is 27.7 Å². The molecule has 0 radical (unpaired) electrons. The predicted octanol–water partition coefficient (Wildman–Crippen LogP) is 8.57. The molecule has 0 saturated heterocycles. The molecule has 5 heteroatoms. The van der Waals surface area contributed by atoms with Crippen molar-refractivity contribution in [1.29, 1.82) is 0 Å². The number of rotatable bonds is 12. The van der Waals surface area contributed by atoms with E-state index in [4.69, 9.17) is 13.6 Å². The van der Waals surface area contributed by atoms with Gasteiger partial charge in [0, 0.05) is 12.8 Å². The first kappa shape index (κ1) is 31.1. The van der Waals surface area contributed by atoms with Gasteiger partial charge in [0.1, 0.15) is 0 Å². The van der Waals surface area contributed by atoms with E-state index in [9.17, 15) is 0 Å². The maximum absolute atomic E-state index is 6.99. The highest BCUT2D eigenvalue weighted by Crippen LogP contribution is 2.40. The van der Waals surface area contributed by atoms with Crippen LogP contribution in [0.4, 0.5) is 0 Å². The van der Waals surface area contributed by atoms with Gasteiger partial charge in [0.15, 0.2) is 16.6 Å². The highest BCUT2D eigenvalue weighted by Gasteiger charge is 2.44. The molecule has 0 fully saturated rings. The Bertz CT molecular complexity index is 765. The van der Waals surface area contributed by atoms with Crippen LogP contribution in [-0.2, 0) is 20.2 Å². The van der Waals surface area contributed by atoms with Crippen LogP contribution >= 0.6 is 0 Å². The van der Waals surface area contributed by atoms with E-state index in [-0.39, 0.29) is 22.3 Å². The first-order valence-electron chi connectivity index (χ1n) is 13.0. The number of benzene rings is 1. The van der Waals surface area contributed by atoms with E-state index in [1.807, 2.05) is 6.07 Å². The molecule has 0 amide bonds. The quantitative estimate of drug-likeness (QED) is 0.162. The van der Waals surface area contributed by atoms with E-state index in [1.165, 1.54) is 12.0 Å². The maximum atomic E-state index is 6.99. The second kappa shape index (κ2) is 13.4. The van der Waals surface area contributed by atoms with Gasteiger partial charge in [-0.05, 0) is 48.2 Å². The number of ether oxygens (including phenoxy) is 1. The second-order valence-electron chi connectivity index (χ2n) is 12.5. The largest absolute Gasteiger partial charge is 0.410 e. The molecule has 1 aromatic rings. The Balaban J connectivity index is 3.19. The summed E-state index contributed by atoms with van der Waals surface area (Å²) in [5.74, 6) is 6.81. The number of hydrogen-bond acceptors (Lipinski definition) is 3. The molecular formula is C29H52O3Si2. The molecule has 0 aliphatic heterocycles. The fourth-order valence-electron chi connectivity index (χ4n) is 2.97. The van der Waals surface area contributed by atoms with Gasteiger partial charge in [-0.2, -0.15) is 0 Å². The SMILES string of the molecule is CCCCC#CC[C@H](O[Si](C)(C)C(C)(C)C)[C@H](COCc1ccccc1)O[Si](C)(C)C(C)(C)C. The minimum absolute atomic E-state index is 0.0973. The summed E-state index contributed by atoms with van der Waals surface area (Å²) >= 11 is 0. The van der Waals surface area contributed by atoms with E-state index in [0.717, 1.165) is 12.8 Å². The summed E-state index contributed by atoms with van der Waals surface area (Å²) in [6.07, 6.45) is 3.71. The minimum atomic E-state index is -2.03. The smallest absolute Gasteiger partial charge is 0.192 e. The van der Waals surface area contributed by atoms with Crippen LogP contribution in [0.2, 0.25) is 36.3 Å². The Labute approximate surface area is 213 Å². The molecule has 0 saturated carbocycles. The molecule has 0 aliphatic carbocycles. The van der Waals surface area contributed by atoms with Crippen molar-refractivity contribution in [3.63, 3.8) is 0 Å². The van der Waals surface area contributed by atoms with Gasteiger partial charge >= 0.3 is 0 Å². The lowest BCUT2D eigenvalue weighted by Crippen LogP contribution is -2.53. The molecule has 0 heterocycles. The normalized spacial score (nSPS) is 14.9. The van der Waals surface area contributed by atoms with Crippen LogP contribution in [0.15, 0.2) is 30.3 Å². The van der Waals surface area contributed by atoms with Crippen molar-refractivity contribution in [1.82, 2.24) is 0 Å². The van der Waals surface area contributed by atoms with Crippen LogP contribution in [0.25, 0.3) is 0 Å². The third kappa shape index (κ3) is 10.4. The fraction of sp³-hybridized carbons (Fsp3) is 0.724. The van der Waals surface area contributed by atoms with Gasteiger partial charge < -0.3 is 13.6 Å². The molecule has 1 rings (SSSR count). The zero-order valence-corrected chi connectivity index (χ0v) is 26.0. The van der Waals surface area contributed by atoms with Gasteiger partial charge in [0.25, 0.3) is 0 Å². The number of unbranched alkanes of at least 4 members (excludes halogenated alkanes) is 2. The van der Waals surface area contributed by atoms with E-state index in [0.29, 0.717) is 19.6 Å². The standard InChI is InChI=1S/C29H52O3Si2/c1-12-13-14-15-19-22-26(31-33(8,9)28(2,3)4)27(32-34(10,11)29(5,6)7)24-30-23-25-20-17-16-18-21-25/h16-18,20-21,26-27H,12-14,22-24H2,1-11H3/t26-,27-/m0/s1. The summed E-state index contributed by atoms with van der Waals surface area (Å²) in [5.41, 5.74) is 1.18. The molecule has 0 bridgehead atoms. The summed E-state index contributed by atoms with van der Waals surface area (Å²) in [4.78, 5) is 0. The summed E-state index contributed by atoms with van der Waals surface area (Å²) in [6.45, 7) is 26.3. The lowest BCUT2D eigenvalue weighted by molar-refractivity contribution is -0.0278. The van der Waals surface area contributed by atoms with Gasteiger partial charge in [0.2, 0.25) is 0 Å². The average Bonchev–Trinajstić information content (AvgIpc) is 2.71. The van der Waals surface area contributed by atoms with Crippen LogP contribution in [0.5, 0.6) is 0 Å². The van der Waals surface area contributed by atoms with Crippen molar-refractivity contribution in [2.75, 3.05) is 6.61 Å². The molecule has 0 unspecified atom stereocenters. The highest BCUT2D eigenvalue weighted by molar-refractivity contribution is 6.74. The first-order chi connectivity index (χ1) is 15.6. The predicted molar refractivity (Wildman–Crippen MR) is 152 cm³/mol. The third-order valence-electron chi connectivity index (χ3n) is 7.40. The fourth-order valence-corrected chi connectivity index (χ4v) is 5.65. The van der Waals surface area contributed by atoms with Gasteiger partial charge in [-0.1, -0.05) is 85.2 Å². The van der Waals surface area contributed by atoms with Gasteiger partial charge in [-0.15, -0.1) is 11.8 Å². The van der Waals surface area contributed by atoms with Gasteiger partial charge in [-0.25, -0.2) is 0 Å². The maximum Gasteiger partial charge on any atom is 0.192 e. The molecule has 0 spiro atoms. The van der Waals surface area contributed by atoms with Gasteiger partial charge in [-0.3, -0.25) is 0 Å². The molecule has 0 aliphatic rings. The third-order valence-corrected chi connectivity index (χ3v) is 16.4. The summed E-state index contributed by atoms with van der Waals surface area (Å²) in [5, 5.41) is 0.228. The van der Waals surface area contributed by atoms with Crippen LogP contribution in [0, 0.1) is 11.8 Å². The highest BCUT2D eigenvalue weighted by atomic mass is 28.4. The Morgan fingerprint density at radius 2 is 1.32 bits per heavy atom. The van der Waals surface area contributed by atoms with Crippen molar-refractivity contribution in [2.24, 2.45) is 0 Å². The minimum Gasteiger partial charge on any atom is -0.410 e. The Kier molecular flexibility index (Phi) is 12.3. The lowest BCUT2D eigenvalue weighted by Gasteiger charge is -2.44. The Morgan fingerprint density at radius 1 is 0.794 bits per heavy atom.